The lowest BCUT2D eigenvalue weighted by Crippen LogP contribution is -2.39. The normalized spacial score (nSPS) is 13.4. The van der Waals surface area contributed by atoms with Crippen molar-refractivity contribution in [3.05, 3.63) is 0 Å². The summed E-state index contributed by atoms with van der Waals surface area (Å²) in [5.74, 6) is 0.307. The third-order valence-electron chi connectivity index (χ3n) is 2.62. The maximum Gasteiger partial charge on any atom is 0.410 e. The van der Waals surface area contributed by atoms with Gasteiger partial charge in [-0.3, -0.25) is 0 Å². The second-order valence-corrected chi connectivity index (χ2v) is 6.03. The van der Waals surface area contributed by atoms with Crippen LogP contribution in [0.3, 0.4) is 0 Å². The highest BCUT2D eigenvalue weighted by atomic mass is 16.7. The van der Waals surface area contributed by atoms with Crippen LogP contribution in [-0.4, -0.2) is 63.8 Å². The first-order valence-corrected chi connectivity index (χ1v) is 6.90. The summed E-state index contributed by atoms with van der Waals surface area (Å²) in [5.41, 5.74) is -0.461. The quantitative estimate of drug-likeness (QED) is 0.689. The zero-order valence-electron chi connectivity index (χ0n) is 13.9. The van der Waals surface area contributed by atoms with Gasteiger partial charge in [0, 0.05) is 34.4 Å². The van der Waals surface area contributed by atoms with Gasteiger partial charge in [-0.2, -0.15) is 0 Å². The van der Waals surface area contributed by atoms with E-state index in [9.17, 15) is 4.79 Å². The molecular weight excluding hydrogens is 260 g/mol. The lowest BCUT2D eigenvalue weighted by atomic mass is 10.1. The smallest absolute Gasteiger partial charge is 0.410 e. The van der Waals surface area contributed by atoms with Crippen LogP contribution >= 0.6 is 0 Å². The average molecular weight is 290 g/mol. The number of rotatable bonds is 8. The molecule has 0 aromatic rings. The van der Waals surface area contributed by atoms with Crippen LogP contribution in [0, 0.1) is 5.92 Å². The number of ether oxygens (including phenoxy) is 3. The Hall–Kier alpha value is -0.850. The standard InChI is InChI=1S/C14H30N2O4/c1-11(8-15-9-12(18-6)19-7)10-16(5)13(17)20-14(2,3)4/h11-12,15H,8-10H2,1-7H3. The van der Waals surface area contributed by atoms with Gasteiger partial charge in [0.05, 0.1) is 0 Å². The Kier molecular flexibility index (Phi) is 8.76. The predicted octanol–water partition coefficient (Wildman–Crippen LogP) is 1.70. The van der Waals surface area contributed by atoms with E-state index in [0.717, 1.165) is 6.54 Å². The molecule has 0 aliphatic carbocycles. The number of amides is 1. The number of hydrogen-bond donors (Lipinski definition) is 1. The van der Waals surface area contributed by atoms with Gasteiger partial charge in [-0.05, 0) is 33.2 Å². The number of nitrogens with one attached hydrogen (secondary N) is 1. The molecule has 0 saturated carbocycles. The van der Waals surface area contributed by atoms with Crippen LogP contribution in [0.2, 0.25) is 0 Å². The Balaban J connectivity index is 3.95. The first-order valence-electron chi connectivity index (χ1n) is 6.90. The molecule has 6 nitrogen and oxygen atoms in total. The van der Waals surface area contributed by atoms with Gasteiger partial charge >= 0.3 is 6.09 Å². The zero-order chi connectivity index (χ0) is 15.8. The second-order valence-electron chi connectivity index (χ2n) is 6.03. The van der Waals surface area contributed by atoms with Crippen LogP contribution in [0.1, 0.15) is 27.7 Å². The fourth-order valence-corrected chi connectivity index (χ4v) is 1.66. The molecule has 1 N–H and O–H groups in total. The molecule has 0 aromatic heterocycles. The average Bonchev–Trinajstić information content (AvgIpc) is 2.32. The van der Waals surface area contributed by atoms with Crippen molar-refractivity contribution in [3.8, 4) is 0 Å². The van der Waals surface area contributed by atoms with Gasteiger partial charge in [-0.25, -0.2) is 4.79 Å². The van der Waals surface area contributed by atoms with Crippen molar-refractivity contribution in [2.24, 2.45) is 5.92 Å². The van der Waals surface area contributed by atoms with Gasteiger partial charge in [0.25, 0.3) is 0 Å². The van der Waals surface area contributed by atoms with E-state index in [-0.39, 0.29) is 12.4 Å². The van der Waals surface area contributed by atoms with Crippen molar-refractivity contribution in [1.82, 2.24) is 10.2 Å². The van der Waals surface area contributed by atoms with Crippen LogP contribution in [0.4, 0.5) is 4.79 Å². The third kappa shape index (κ3) is 9.12. The highest BCUT2D eigenvalue weighted by molar-refractivity contribution is 5.67. The number of carbonyl (C=O) groups is 1. The predicted molar refractivity (Wildman–Crippen MR) is 78.7 cm³/mol. The molecule has 0 rings (SSSR count). The molecule has 120 valence electrons. The van der Waals surface area contributed by atoms with Crippen molar-refractivity contribution >= 4 is 6.09 Å². The molecule has 0 fully saturated rings. The first-order chi connectivity index (χ1) is 9.19. The van der Waals surface area contributed by atoms with E-state index in [4.69, 9.17) is 14.2 Å². The Bertz CT molecular complexity index is 275. The van der Waals surface area contributed by atoms with Crippen molar-refractivity contribution in [2.75, 3.05) is 40.9 Å². The van der Waals surface area contributed by atoms with Crippen molar-refractivity contribution < 1.29 is 19.0 Å². The Labute approximate surface area is 122 Å². The fourth-order valence-electron chi connectivity index (χ4n) is 1.66. The monoisotopic (exact) mass is 290 g/mol. The number of nitrogens with zero attached hydrogens (tertiary/aromatic N) is 1. The van der Waals surface area contributed by atoms with Gasteiger partial charge in [0.2, 0.25) is 0 Å². The van der Waals surface area contributed by atoms with Crippen molar-refractivity contribution in [1.29, 1.82) is 0 Å². The SMILES string of the molecule is COC(CNCC(C)CN(C)C(=O)OC(C)(C)C)OC. The zero-order valence-corrected chi connectivity index (χ0v) is 13.9. The minimum absolute atomic E-state index is 0.245. The molecule has 1 unspecified atom stereocenters. The van der Waals surface area contributed by atoms with Gasteiger partial charge in [-0.1, -0.05) is 6.92 Å². The number of methoxy groups -OCH3 is 2. The minimum Gasteiger partial charge on any atom is -0.444 e. The van der Waals surface area contributed by atoms with E-state index in [1.165, 1.54) is 0 Å². The van der Waals surface area contributed by atoms with Crippen molar-refractivity contribution in [3.63, 3.8) is 0 Å². The molecule has 0 heterocycles. The van der Waals surface area contributed by atoms with Crippen LogP contribution in [0.25, 0.3) is 0 Å². The summed E-state index contributed by atoms with van der Waals surface area (Å²) in [6, 6.07) is 0. The molecular formula is C14H30N2O4. The molecule has 6 heteroatoms. The van der Waals surface area contributed by atoms with Crippen LogP contribution in [-0.2, 0) is 14.2 Å². The third-order valence-corrected chi connectivity index (χ3v) is 2.62. The highest BCUT2D eigenvalue weighted by Crippen LogP contribution is 2.10. The molecule has 0 bridgehead atoms. The summed E-state index contributed by atoms with van der Waals surface area (Å²) in [6.07, 6.45) is -0.540. The van der Waals surface area contributed by atoms with E-state index < -0.39 is 5.60 Å². The van der Waals surface area contributed by atoms with E-state index in [0.29, 0.717) is 19.0 Å². The van der Waals surface area contributed by atoms with Crippen LogP contribution < -0.4 is 5.32 Å². The lowest BCUT2D eigenvalue weighted by Gasteiger charge is -2.26. The van der Waals surface area contributed by atoms with Gasteiger partial charge in [-0.15, -0.1) is 0 Å². The second kappa shape index (κ2) is 9.15. The maximum atomic E-state index is 11.8. The summed E-state index contributed by atoms with van der Waals surface area (Å²) in [5, 5.41) is 3.25. The first kappa shape index (κ1) is 19.1. The summed E-state index contributed by atoms with van der Waals surface area (Å²) in [4.78, 5) is 13.4. The van der Waals surface area contributed by atoms with Gasteiger partial charge < -0.3 is 24.4 Å². The van der Waals surface area contributed by atoms with Gasteiger partial charge in [0.1, 0.15) is 5.60 Å². The molecule has 0 spiro atoms. The van der Waals surface area contributed by atoms with Crippen molar-refractivity contribution in [2.45, 2.75) is 39.6 Å². The lowest BCUT2D eigenvalue weighted by molar-refractivity contribution is -0.0989. The summed E-state index contributed by atoms with van der Waals surface area (Å²) in [6.45, 7) is 9.68. The summed E-state index contributed by atoms with van der Waals surface area (Å²) in [7, 11) is 4.96. The Morgan fingerprint density at radius 3 is 2.20 bits per heavy atom. The topological polar surface area (TPSA) is 60.0 Å². The largest absolute Gasteiger partial charge is 0.444 e. The number of hydrogen-bond acceptors (Lipinski definition) is 5. The van der Waals surface area contributed by atoms with E-state index in [1.54, 1.807) is 26.2 Å². The molecule has 0 aliphatic rings. The molecule has 0 aliphatic heterocycles. The maximum absolute atomic E-state index is 11.8. The van der Waals surface area contributed by atoms with E-state index in [1.807, 2.05) is 20.8 Å². The minimum atomic E-state index is -0.461. The van der Waals surface area contributed by atoms with E-state index in [2.05, 4.69) is 12.2 Å². The van der Waals surface area contributed by atoms with Crippen LogP contribution in [0.5, 0.6) is 0 Å². The molecule has 0 saturated heterocycles. The van der Waals surface area contributed by atoms with Crippen LogP contribution in [0.15, 0.2) is 0 Å². The van der Waals surface area contributed by atoms with E-state index >= 15 is 0 Å². The summed E-state index contributed by atoms with van der Waals surface area (Å²) >= 11 is 0. The van der Waals surface area contributed by atoms with Gasteiger partial charge in [0.15, 0.2) is 6.29 Å². The molecule has 0 radical (unpaired) electrons. The number of carbonyl (C=O) groups excluding carboxylic acids is 1. The highest BCUT2D eigenvalue weighted by Gasteiger charge is 2.20. The molecule has 0 aromatic carbocycles. The Morgan fingerprint density at radius 2 is 1.75 bits per heavy atom. The Morgan fingerprint density at radius 1 is 1.20 bits per heavy atom. The molecule has 1 atom stereocenters. The molecule has 1 amide bonds. The molecule has 20 heavy (non-hydrogen) atoms. The summed E-state index contributed by atoms with van der Waals surface area (Å²) < 4.78 is 15.5. The fraction of sp³-hybridized carbons (Fsp3) is 0.929.